The SMILES string of the molecule is CC(C)N[C@@H](Cc1c[nH]c2cc(O)ccc12)C(=O)O. The predicted octanol–water partition coefficient (Wildman–Crippen LogP) is 1.87. The van der Waals surface area contributed by atoms with Gasteiger partial charge in [0, 0.05) is 35.6 Å². The highest BCUT2D eigenvalue weighted by Crippen LogP contribution is 2.23. The lowest BCUT2D eigenvalue weighted by molar-refractivity contribution is -0.139. The number of fused-ring (bicyclic) bond motifs is 1. The molecule has 0 unspecified atom stereocenters. The molecule has 0 aliphatic rings. The summed E-state index contributed by atoms with van der Waals surface area (Å²) in [7, 11) is 0. The summed E-state index contributed by atoms with van der Waals surface area (Å²) in [6.45, 7) is 3.84. The molecule has 102 valence electrons. The van der Waals surface area contributed by atoms with E-state index < -0.39 is 12.0 Å². The zero-order valence-corrected chi connectivity index (χ0v) is 11.0. The van der Waals surface area contributed by atoms with Crippen molar-refractivity contribution in [3.05, 3.63) is 30.0 Å². The van der Waals surface area contributed by atoms with Crippen molar-refractivity contribution in [3.8, 4) is 5.75 Å². The van der Waals surface area contributed by atoms with Crippen LogP contribution in [0.25, 0.3) is 10.9 Å². The zero-order chi connectivity index (χ0) is 14.0. The Bertz CT molecular complexity index is 589. The number of aliphatic carboxylic acids is 1. The smallest absolute Gasteiger partial charge is 0.321 e. The number of phenolic OH excluding ortho intramolecular Hbond substituents is 1. The van der Waals surface area contributed by atoms with E-state index in [1.165, 1.54) is 0 Å². The molecule has 1 aromatic heterocycles. The Hall–Kier alpha value is -2.01. The lowest BCUT2D eigenvalue weighted by atomic mass is 10.0. The molecule has 19 heavy (non-hydrogen) atoms. The van der Waals surface area contributed by atoms with E-state index in [9.17, 15) is 15.0 Å². The second-order valence-corrected chi connectivity index (χ2v) is 4.96. The van der Waals surface area contributed by atoms with Crippen molar-refractivity contribution in [1.82, 2.24) is 10.3 Å². The van der Waals surface area contributed by atoms with Gasteiger partial charge in [0.1, 0.15) is 11.8 Å². The molecule has 1 atom stereocenters. The molecule has 0 spiro atoms. The van der Waals surface area contributed by atoms with Crippen LogP contribution in [0.3, 0.4) is 0 Å². The molecule has 2 rings (SSSR count). The molecule has 0 radical (unpaired) electrons. The van der Waals surface area contributed by atoms with E-state index in [2.05, 4.69) is 10.3 Å². The van der Waals surface area contributed by atoms with E-state index in [-0.39, 0.29) is 11.8 Å². The number of benzene rings is 1. The molecule has 0 fully saturated rings. The van der Waals surface area contributed by atoms with Gasteiger partial charge in [-0.15, -0.1) is 0 Å². The quantitative estimate of drug-likeness (QED) is 0.662. The molecule has 0 saturated heterocycles. The van der Waals surface area contributed by atoms with Crippen LogP contribution >= 0.6 is 0 Å². The van der Waals surface area contributed by atoms with Crippen molar-refractivity contribution >= 4 is 16.9 Å². The standard InChI is InChI=1S/C14H18N2O3/c1-8(2)16-13(14(18)19)5-9-7-15-12-6-10(17)3-4-11(9)12/h3-4,6-8,13,15-17H,5H2,1-2H3,(H,18,19)/t13-/m0/s1. The molecular formula is C14H18N2O3. The first kappa shape index (κ1) is 13.4. The number of aromatic hydroxyl groups is 1. The molecule has 1 aromatic carbocycles. The van der Waals surface area contributed by atoms with Gasteiger partial charge < -0.3 is 20.5 Å². The third-order valence-corrected chi connectivity index (χ3v) is 3.01. The molecule has 0 aliphatic heterocycles. The summed E-state index contributed by atoms with van der Waals surface area (Å²) in [5.74, 6) is -0.669. The topological polar surface area (TPSA) is 85.4 Å². The van der Waals surface area contributed by atoms with Crippen molar-refractivity contribution in [2.24, 2.45) is 0 Å². The first-order valence-electron chi connectivity index (χ1n) is 6.25. The second-order valence-electron chi connectivity index (χ2n) is 4.96. The van der Waals surface area contributed by atoms with Crippen LogP contribution < -0.4 is 5.32 Å². The van der Waals surface area contributed by atoms with Crippen LogP contribution in [0.15, 0.2) is 24.4 Å². The molecule has 0 aliphatic carbocycles. The van der Waals surface area contributed by atoms with Gasteiger partial charge in [-0.3, -0.25) is 4.79 Å². The average Bonchev–Trinajstić information content (AvgIpc) is 2.70. The molecule has 0 saturated carbocycles. The van der Waals surface area contributed by atoms with E-state index in [0.717, 1.165) is 16.5 Å². The fraction of sp³-hybridized carbons (Fsp3) is 0.357. The van der Waals surface area contributed by atoms with Crippen molar-refractivity contribution in [2.75, 3.05) is 0 Å². The first-order chi connectivity index (χ1) is 8.97. The summed E-state index contributed by atoms with van der Waals surface area (Å²) in [5, 5.41) is 22.6. The largest absolute Gasteiger partial charge is 0.508 e. The normalized spacial score (nSPS) is 13.0. The van der Waals surface area contributed by atoms with E-state index in [1.54, 1.807) is 24.4 Å². The van der Waals surface area contributed by atoms with Crippen molar-refractivity contribution in [1.29, 1.82) is 0 Å². The van der Waals surface area contributed by atoms with Gasteiger partial charge in [0.05, 0.1) is 0 Å². The highest BCUT2D eigenvalue weighted by Gasteiger charge is 2.20. The summed E-state index contributed by atoms with van der Waals surface area (Å²) in [5.41, 5.74) is 1.74. The zero-order valence-electron chi connectivity index (χ0n) is 11.0. The van der Waals surface area contributed by atoms with Crippen LogP contribution in [0.5, 0.6) is 5.75 Å². The minimum absolute atomic E-state index is 0.107. The third kappa shape index (κ3) is 3.06. The van der Waals surface area contributed by atoms with Gasteiger partial charge >= 0.3 is 5.97 Å². The molecule has 0 bridgehead atoms. The number of H-pyrrole nitrogens is 1. The van der Waals surface area contributed by atoms with Crippen LogP contribution in [-0.4, -0.2) is 33.3 Å². The number of phenols is 1. The van der Waals surface area contributed by atoms with Gasteiger partial charge in [0.25, 0.3) is 0 Å². The maximum atomic E-state index is 11.2. The number of carboxylic acids is 1. The van der Waals surface area contributed by atoms with Crippen LogP contribution in [0.2, 0.25) is 0 Å². The highest BCUT2D eigenvalue weighted by atomic mass is 16.4. The summed E-state index contributed by atoms with van der Waals surface area (Å²) in [6.07, 6.45) is 2.19. The summed E-state index contributed by atoms with van der Waals surface area (Å²) in [6, 6.07) is 4.52. The predicted molar refractivity (Wildman–Crippen MR) is 73.4 cm³/mol. The Kier molecular flexibility index (Phi) is 3.76. The van der Waals surface area contributed by atoms with Gasteiger partial charge in [0.15, 0.2) is 0 Å². The molecule has 4 N–H and O–H groups in total. The van der Waals surface area contributed by atoms with Crippen molar-refractivity contribution < 1.29 is 15.0 Å². The summed E-state index contributed by atoms with van der Waals surface area (Å²) in [4.78, 5) is 14.3. The number of carbonyl (C=O) groups is 1. The van der Waals surface area contributed by atoms with Crippen LogP contribution in [-0.2, 0) is 11.2 Å². The fourth-order valence-electron chi connectivity index (χ4n) is 2.18. The van der Waals surface area contributed by atoms with Crippen LogP contribution in [0, 0.1) is 0 Å². The molecule has 2 aromatic rings. The van der Waals surface area contributed by atoms with E-state index >= 15 is 0 Å². The molecule has 1 heterocycles. The maximum absolute atomic E-state index is 11.2. The Morgan fingerprint density at radius 2 is 2.16 bits per heavy atom. The Labute approximate surface area is 111 Å². The number of hydrogen-bond donors (Lipinski definition) is 4. The number of nitrogens with one attached hydrogen (secondary N) is 2. The lowest BCUT2D eigenvalue weighted by Gasteiger charge is -2.16. The summed E-state index contributed by atoms with van der Waals surface area (Å²) < 4.78 is 0. The highest BCUT2D eigenvalue weighted by molar-refractivity contribution is 5.85. The number of rotatable bonds is 5. The van der Waals surface area contributed by atoms with Crippen molar-refractivity contribution in [3.63, 3.8) is 0 Å². The summed E-state index contributed by atoms with van der Waals surface area (Å²) >= 11 is 0. The first-order valence-corrected chi connectivity index (χ1v) is 6.25. The molecule has 5 heteroatoms. The molecule has 5 nitrogen and oxygen atoms in total. The van der Waals surface area contributed by atoms with Gasteiger partial charge in [-0.25, -0.2) is 0 Å². The minimum atomic E-state index is -0.859. The minimum Gasteiger partial charge on any atom is -0.508 e. The van der Waals surface area contributed by atoms with Crippen LogP contribution in [0.4, 0.5) is 0 Å². The maximum Gasteiger partial charge on any atom is 0.321 e. The Balaban J connectivity index is 2.26. The average molecular weight is 262 g/mol. The monoisotopic (exact) mass is 262 g/mol. The number of hydrogen-bond acceptors (Lipinski definition) is 3. The number of aromatic amines is 1. The van der Waals surface area contributed by atoms with Gasteiger partial charge in [-0.1, -0.05) is 13.8 Å². The Morgan fingerprint density at radius 1 is 1.42 bits per heavy atom. The molecule has 0 amide bonds. The second kappa shape index (κ2) is 5.32. The number of aromatic nitrogens is 1. The van der Waals surface area contributed by atoms with Gasteiger partial charge in [-0.2, -0.15) is 0 Å². The van der Waals surface area contributed by atoms with Gasteiger partial charge in [0.2, 0.25) is 0 Å². The Morgan fingerprint density at radius 3 is 2.79 bits per heavy atom. The third-order valence-electron chi connectivity index (χ3n) is 3.01. The van der Waals surface area contributed by atoms with Gasteiger partial charge in [-0.05, 0) is 17.7 Å². The van der Waals surface area contributed by atoms with Crippen molar-refractivity contribution in [2.45, 2.75) is 32.4 Å². The lowest BCUT2D eigenvalue weighted by Crippen LogP contribution is -2.42. The van der Waals surface area contributed by atoms with E-state index in [0.29, 0.717) is 6.42 Å². The molecular weight excluding hydrogens is 244 g/mol. The fourth-order valence-corrected chi connectivity index (χ4v) is 2.18. The van der Waals surface area contributed by atoms with E-state index in [4.69, 9.17) is 0 Å². The van der Waals surface area contributed by atoms with Crippen LogP contribution in [0.1, 0.15) is 19.4 Å². The number of carboxylic acid groups (broad SMARTS) is 1. The van der Waals surface area contributed by atoms with E-state index in [1.807, 2.05) is 13.8 Å².